The average molecular weight is 343 g/mol. The van der Waals surface area contributed by atoms with Crippen molar-refractivity contribution >= 4 is 34.9 Å². The molecule has 0 aliphatic rings. The molecule has 0 atom stereocenters. The lowest BCUT2D eigenvalue weighted by Crippen LogP contribution is -2.24. The number of hydrazone groups is 1. The maximum Gasteiger partial charge on any atom is 0.270 e. The lowest BCUT2D eigenvalue weighted by Gasteiger charge is -2.13. The van der Waals surface area contributed by atoms with Gasteiger partial charge in [0.1, 0.15) is 0 Å². The van der Waals surface area contributed by atoms with Crippen LogP contribution >= 0.6 is 12.2 Å². The van der Waals surface area contributed by atoms with E-state index in [0.29, 0.717) is 0 Å². The molecular formula is C16H15N4O3S-. The van der Waals surface area contributed by atoms with Crippen molar-refractivity contribution in [3.63, 3.8) is 0 Å². The van der Waals surface area contributed by atoms with Crippen LogP contribution in [0.15, 0.2) is 41.5 Å². The van der Waals surface area contributed by atoms with Gasteiger partial charge in [-0.25, -0.2) is 0 Å². The van der Waals surface area contributed by atoms with Gasteiger partial charge in [-0.3, -0.25) is 15.5 Å². The molecule has 0 saturated heterocycles. The number of non-ortho nitro benzene ring substituents is 1. The van der Waals surface area contributed by atoms with Gasteiger partial charge in [-0.2, -0.15) is 5.10 Å². The number of hydrogen-bond donors (Lipinski definition) is 2. The Bertz CT molecular complexity index is 801. The molecule has 0 unspecified atom stereocenters. The zero-order chi connectivity index (χ0) is 17.7. The lowest BCUT2D eigenvalue weighted by molar-refractivity contribution is -0.385. The van der Waals surface area contributed by atoms with Crippen molar-refractivity contribution in [2.45, 2.75) is 13.8 Å². The third kappa shape index (κ3) is 4.26. The second-order valence-electron chi connectivity index (χ2n) is 5.07. The highest BCUT2D eigenvalue weighted by molar-refractivity contribution is 7.80. The van der Waals surface area contributed by atoms with Crippen LogP contribution in [-0.2, 0) is 0 Å². The van der Waals surface area contributed by atoms with Gasteiger partial charge in [0.25, 0.3) is 5.69 Å². The Kier molecular flexibility index (Phi) is 5.43. The number of aryl methyl sites for hydroxylation is 2. The minimum absolute atomic E-state index is 0.103. The van der Waals surface area contributed by atoms with E-state index in [9.17, 15) is 15.2 Å². The Balaban J connectivity index is 2.05. The number of benzene rings is 2. The third-order valence-electron chi connectivity index (χ3n) is 3.29. The Morgan fingerprint density at radius 1 is 1.25 bits per heavy atom. The van der Waals surface area contributed by atoms with Crippen LogP contribution in [0.5, 0.6) is 5.75 Å². The summed E-state index contributed by atoms with van der Waals surface area (Å²) in [5.41, 5.74) is 5.46. The van der Waals surface area contributed by atoms with Gasteiger partial charge in [-0.1, -0.05) is 30.0 Å². The number of nitro benzene ring substituents is 1. The van der Waals surface area contributed by atoms with Gasteiger partial charge < -0.3 is 10.4 Å². The molecule has 0 spiro atoms. The summed E-state index contributed by atoms with van der Waals surface area (Å²) in [6, 6.07) is 9.30. The molecule has 0 aliphatic carbocycles. The summed E-state index contributed by atoms with van der Waals surface area (Å²) in [5.74, 6) is -0.361. The zero-order valence-electron chi connectivity index (χ0n) is 13.1. The number of thiocarbonyl (C=S) groups is 1. The fraction of sp³-hybridized carbons (Fsp3) is 0.125. The Morgan fingerprint density at radius 2 is 1.92 bits per heavy atom. The maximum absolute atomic E-state index is 11.7. The van der Waals surface area contributed by atoms with E-state index in [0.717, 1.165) is 35.0 Å². The van der Waals surface area contributed by atoms with Crippen LogP contribution in [0, 0.1) is 24.0 Å². The van der Waals surface area contributed by atoms with Gasteiger partial charge in [-0.15, -0.1) is 0 Å². The van der Waals surface area contributed by atoms with E-state index in [2.05, 4.69) is 15.8 Å². The fourth-order valence-corrected chi connectivity index (χ4v) is 2.22. The van der Waals surface area contributed by atoms with Crippen LogP contribution in [-0.4, -0.2) is 16.3 Å². The van der Waals surface area contributed by atoms with Gasteiger partial charge in [0.2, 0.25) is 0 Å². The highest BCUT2D eigenvalue weighted by Crippen LogP contribution is 2.20. The van der Waals surface area contributed by atoms with Gasteiger partial charge in [0.05, 0.1) is 11.1 Å². The smallest absolute Gasteiger partial charge is 0.270 e. The van der Waals surface area contributed by atoms with Crippen LogP contribution in [0.2, 0.25) is 0 Å². The molecule has 2 N–H and O–H groups in total. The third-order valence-corrected chi connectivity index (χ3v) is 3.49. The van der Waals surface area contributed by atoms with E-state index < -0.39 is 4.92 Å². The molecule has 0 fully saturated rings. The average Bonchev–Trinajstić information content (AvgIpc) is 2.52. The van der Waals surface area contributed by atoms with Crippen molar-refractivity contribution in [3.8, 4) is 5.75 Å². The monoisotopic (exact) mass is 343 g/mol. The lowest BCUT2D eigenvalue weighted by atomic mass is 10.1. The molecule has 124 valence electrons. The number of nitrogens with one attached hydrogen (secondary N) is 2. The predicted molar refractivity (Wildman–Crippen MR) is 95.4 cm³/mol. The number of hydrogen-bond acceptors (Lipinski definition) is 5. The normalized spacial score (nSPS) is 10.6. The van der Waals surface area contributed by atoms with E-state index >= 15 is 0 Å². The molecule has 0 bridgehead atoms. The molecular weight excluding hydrogens is 328 g/mol. The highest BCUT2D eigenvalue weighted by atomic mass is 32.1. The van der Waals surface area contributed by atoms with Crippen LogP contribution in [0.3, 0.4) is 0 Å². The van der Waals surface area contributed by atoms with Crippen molar-refractivity contribution in [2.24, 2.45) is 5.10 Å². The van der Waals surface area contributed by atoms with E-state index in [4.69, 9.17) is 12.2 Å². The van der Waals surface area contributed by atoms with Crippen molar-refractivity contribution < 1.29 is 10.0 Å². The van der Waals surface area contributed by atoms with E-state index in [1.165, 1.54) is 6.21 Å². The number of nitrogens with zero attached hydrogens (tertiary/aromatic N) is 2. The summed E-state index contributed by atoms with van der Waals surface area (Å²) in [6.07, 6.45) is 1.20. The number of anilines is 1. The molecule has 24 heavy (non-hydrogen) atoms. The predicted octanol–water partition coefficient (Wildman–Crippen LogP) is 2.61. The number of rotatable bonds is 4. The summed E-state index contributed by atoms with van der Waals surface area (Å²) >= 11 is 5.15. The van der Waals surface area contributed by atoms with Crippen LogP contribution in [0.4, 0.5) is 11.4 Å². The SMILES string of the molecule is Cc1cccc(C)c1NC(=S)N/N=C\c1cc([N+](=O)[O-])ccc1[O-]. The topological polar surface area (TPSA) is 103 Å². The standard InChI is InChI=1S/C16H16N4O3S/c1-10-4-3-5-11(2)15(10)18-16(24)19-17-9-12-8-13(20(22)23)6-7-14(12)21/h3-9,21H,1-2H3,(H2,18,19,24)/p-1/b17-9-. The van der Waals surface area contributed by atoms with Crippen molar-refractivity contribution in [2.75, 3.05) is 5.32 Å². The van der Waals surface area contributed by atoms with Gasteiger partial charge >= 0.3 is 0 Å². The fourth-order valence-electron chi connectivity index (χ4n) is 2.06. The first kappa shape index (κ1) is 17.4. The second kappa shape index (κ2) is 7.51. The number of nitro groups is 1. The summed E-state index contributed by atoms with van der Waals surface area (Å²) in [6.45, 7) is 3.90. The van der Waals surface area contributed by atoms with Gasteiger partial charge in [0.15, 0.2) is 5.11 Å². The van der Waals surface area contributed by atoms with Crippen molar-refractivity contribution in [1.82, 2.24) is 5.43 Å². The molecule has 0 aliphatic heterocycles. The second-order valence-corrected chi connectivity index (χ2v) is 5.48. The van der Waals surface area contributed by atoms with E-state index in [1.807, 2.05) is 32.0 Å². The molecule has 0 heterocycles. The largest absolute Gasteiger partial charge is 0.872 e. The summed E-state index contributed by atoms with van der Waals surface area (Å²) < 4.78 is 0. The molecule has 0 saturated carbocycles. The molecule has 0 aromatic heterocycles. The first-order valence-corrected chi connectivity index (χ1v) is 7.41. The molecule has 0 amide bonds. The summed E-state index contributed by atoms with van der Waals surface area (Å²) in [7, 11) is 0. The van der Waals surface area contributed by atoms with E-state index in [1.54, 1.807) is 0 Å². The Labute approximate surface area is 144 Å². The Hall–Kier alpha value is -3.00. The van der Waals surface area contributed by atoms with Crippen LogP contribution in [0.1, 0.15) is 16.7 Å². The van der Waals surface area contributed by atoms with Crippen LogP contribution < -0.4 is 15.8 Å². The molecule has 7 nitrogen and oxygen atoms in total. The quantitative estimate of drug-likeness (QED) is 0.383. The number of para-hydroxylation sites is 1. The summed E-state index contributed by atoms with van der Waals surface area (Å²) in [4.78, 5) is 10.2. The molecule has 8 heteroatoms. The summed E-state index contributed by atoms with van der Waals surface area (Å²) in [5, 5.41) is 29.5. The van der Waals surface area contributed by atoms with Crippen LogP contribution in [0.25, 0.3) is 0 Å². The molecule has 2 rings (SSSR count). The first-order valence-electron chi connectivity index (χ1n) is 7.00. The Morgan fingerprint density at radius 3 is 2.54 bits per heavy atom. The minimum atomic E-state index is -0.572. The highest BCUT2D eigenvalue weighted by Gasteiger charge is 2.06. The van der Waals surface area contributed by atoms with Crippen molar-refractivity contribution in [3.05, 3.63) is 63.2 Å². The molecule has 2 aromatic carbocycles. The van der Waals surface area contributed by atoms with Gasteiger partial charge in [-0.05, 0) is 42.8 Å². The van der Waals surface area contributed by atoms with E-state index in [-0.39, 0.29) is 22.1 Å². The first-order chi connectivity index (χ1) is 11.4. The zero-order valence-corrected chi connectivity index (χ0v) is 13.9. The van der Waals surface area contributed by atoms with Crippen molar-refractivity contribution in [1.29, 1.82) is 0 Å². The molecule has 2 aromatic rings. The van der Waals surface area contributed by atoms with Gasteiger partial charge in [0, 0.05) is 17.8 Å². The molecule has 0 radical (unpaired) electrons. The maximum atomic E-state index is 11.7. The minimum Gasteiger partial charge on any atom is -0.872 e.